The Morgan fingerprint density at radius 2 is 1.82 bits per heavy atom. The predicted molar refractivity (Wildman–Crippen MR) is 47.5 cm³/mol. The highest BCUT2D eigenvalue weighted by Crippen LogP contribution is 2.41. The van der Waals surface area contributed by atoms with Crippen molar-refractivity contribution in [2.75, 3.05) is 0 Å². The second-order valence-corrected chi connectivity index (χ2v) is 3.95. The zero-order valence-corrected chi connectivity index (χ0v) is 7.77. The minimum Gasteiger partial charge on any atom is -0.393 e. The quantitative estimate of drug-likeness (QED) is 0.651. The second kappa shape index (κ2) is 3.57. The fourth-order valence-electron chi connectivity index (χ4n) is 2.32. The van der Waals surface area contributed by atoms with Crippen molar-refractivity contribution in [2.45, 2.75) is 58.5 Å². The number of hydrogen-bond acceptors (Lipinski definition) is 1. The van der Waals surface area contributed by atoms with Gasteiger partial charge in [0.05, 0.1) is 6.10 Å². The van der Waals surface area contributed by atoms with E-state index in [1.54, 1.807) is 0 Å². The van der Waals surface area contributed by atoms with Crippen molar-refractivity contribution in [2.24, 2.45) is 5.41 Å². The summed E-state index contributed by atoms with van der Waals surface area (Å²) in [5.74, 6) is 0. The Balaban J connectivity index is 2.57. The van der Waals surface area contributed by atoms with Crippen LogP contribution < -0.4 is 0 Å². The van der Waals surface area contributed by atoms with Gasteiger partial charge in [0.25, 0.3) is 0 Å². The molecule has 1 unspecified atom stereocenters. The normalized spacial score (nSPS) is 26.5. The smallest absolute Gasteiger partial charge is 0.0568 e. The van der Waals surface area contributed by atoms with Gasteiger partial charge in [-0.25, -0.2) is 0 Å². The molecule has 1 nitrogen and oxygen atoms in total. The van der Waals surface area contributed by atoms with Crippen molar-refractivity contribution in [3.05, 3.63) is 0 Å². The van der Waals surface area contributed by atoms with Gasteiger partial charge < -0.3 is 5.11 Å². The molecule has 0 bridgehead atoms. The van der Waals surface area contributed by atoms with Crippen LogP contribution in [0.2, 0.25) is 0 Å². The van der Waals surface area contributed by atoms with Crippen LogP contribution in [0, 0.1) is 5.41 Å². The first-order valence-corrected chi connectivity index (χ1v) is 4.89. The molecule has 1 heteroatoms. The van der Waals surface area contributed by atoms with E-state index in [9.17, 15) is 5.11 Å². The van der Waals surface area contributed by atoms with Crippen LogP contribution in [0.25, 0.3) is 0 Å². The molecule has 0 aromatic carbocycles. The lowest BCUT2D eigenvalue weighted by atomic mass is 9.69. The Kier molecular flexibility index (Phi) is 2.94. The summed E-state index contributed by atoms with van der Waals surface area (Å²) in [6.07, 6.45) is 7.52. The summed E-state index contributed by atoms with van der Waals surface area (Å²) < 4.78 is 0. The summed E-state index contributed by atoms with van der Waals surface area (Å²) >= 11 is 0. The van der Waals surface area contributed by atoms with Crippen molar-refractivity contribution in [3.63, 3.8) is 0 Å². The molecule has 1 fully saturated rings. The van der Waals surface area contributed by atoms with Crippen LogP contribution in [0.3, 0.4) is 0 Å². The zero-order chi connectivity index (χ0) is 8.32. The van der Waals surface area contributed by atoms with Gasteiger partial charge in [-0.1, -0.05) is 26.2 Å². The van der Waals surface area contributed by atoms with Gasteiger partial charge in [0, 0.05) is 0 Å². The fraction of sp³-hybridized carbons (Fsp3) is 1.00. The molecule has 0 aromatic rings. The molecule has 1 saturated carbocycles. The SMILES string of the molecule is CCC1(C(C)O)CCCCC1. The fourth-order valence-corrected chi connectivity index (χ4v) is 2.32. The lowest BCUT2D eigenvalue weighted by Gasteiger charge is -2.39. The molecule has 0 radical (unpaired) electrons. The molecule has 0 saturated heterocycles. The molecular formula is C10H20O. The van der Waals surface area contributed by atoms with Crippen LogP contribution in [-0.4, -0.2) is 11.2 Å². The van der Waals surface area contributed by atoms with Crippen LogP contribution >= 0.6 is 0 Å². The number of hydrogen-bond donors (Lipinski definition) is 1. The van der Waals surface area contributed by atoms with Crippen molar-refractivity contribution in [1.82, 2.24) is 0 Å². The van der Waals surface area contributed by atoms with E-state index < -0.39 is 0 Å². The molecule has 0 amide bonds. The molecule has 0 heterocycles. The standard InChI is InChI=1S/C10H20O/c1-3-10(9(2)11)7-5-4-6-8-10/h9,11H,3-8H2,1-2H3. The first kappa shape index (κ1) is 9.05. The number of aliphatic hydroxyl groups is 1. The van der Waals surface area contributed by atoms with Gasteiger partial charge in [0.2, 0.25) is 0 Å². The first-order valence-electron chi connectivity index (χ1n) is 4.89. The maximum Gasteiger partial charge on any atom is 0.0568 e. The Labute approximate surface area is 69.8 Å². The summed E-state index contributed by atoms with van der Waals surface area (Å²) in [4.78, 5) is 0. The van der Waals surface area contributed by atoms with E-state index in [2.05, 4.69) is 6.92 Å². The third-order valence-corrected chi connectivity index (χ3v) is 3.44. The maximum absolute atomic E-state index is 9.63. The Bertz CT molecular complexity index is 112. The van der Waals surface area contributed by atoms with Gasteiger partial charge in [-0.2, -0.15) is 0 Å². The summed E-state index contributed by atoms with van der Waals surface area (Å²) in [5.41, 5.74) is 0.276. The lowest BCUT2D eigenvalue weighted by molar-refractivity contribution is 0.00566. The van der Waals surface area contributed by atoms with Gasteiger partial charge in [0.1, 0.15) is 0 Å². The molecule has 1 aliphatic carbocycles. The monoisotopic (exact) mass is 156 g/mol. The van der Waals surface area contributed by atoms with Crippen LogP contribution in [0.5, 0.6) is 0 Å². The van der Waals surface area contributed by atoms with Crippen molar-refractivity contribution < 1.29 is 5.11 Å². The van der Waals surface area contributed by atoms with Gasteiger partial charge in [-0.05, 0) is 31.6 Å². The van der Waals surface area contributed by atoms with Crippen LogP contribution in [0.4, 0.5) is 0 Å². The Morgan fingerprint density at radius 1 is 1.27 bits per heavy atom. The molecule has 0 spiro atoms. The highest BCUT2D eigenvalue weighted by molar-refractivity contribution is 4.85. The number of aliphatic hydroxyl groups excluding tert-OH is 1. The van der Waals surface area contributed by atoms with Gasteiger partial charge in [-0.3, -0.25) is 0 Å². The van der Waals surface area contributed by atoms with E-state index in [4.69, 9.17) is 0 Å². The maximum atomic E-state index is 9.63. The minimum absolute atomic E-state index is 0.104. The molecular weight excluding hydrogens is 136 g/mol. The molecule has 1 N–H and O–H groups in total. The Morgan fingerprint density at radius 3 is 2.09 bits per heavy atom. The third kappa shape index (κ3) is 1.76. The van der Waals surface area contributed by atoms with Crippen LogP contribution in [0.15, 0.2) is 0 Å². The molecule has 1 rings (SSSR count). The van der Waals surface area contributed by atoms with E-state index in [1.165, 1.54) is 32.1 Å². The molecule has 1 atom stereocenters. The van der Waals surface area contributed by atoms with Crippen LogP contribution in [-0.2, 0) is 0 Å². The molecule has 1 aliphatic rings. The average molecular weight is 156 g/mol. The third-order valence-electron chi connectivity index (χ3n) is 3.44. The van der Waals surface area contributed by atoms with Crippen molar-refractivity contribution in [3.8, 4) is 0 Å². The van der Waals surface area contributed by atoms with Crippen molar-refractivity contribution in [1.29, 1.82) is 0 Å². The second-order valence-electron chi connectivity index (χ2n) is 3.95. The molecule has 0 aromatic heterocycles. The highest BCUT2D eigenvalue weighted by atomic mass is 16.3. The van der Waals surface area contributed by atoms with Gasteiger partial charge in [0.15, 0.2) is 0 Å². The zero-order valence-electron chi connectivity index (χ0n) is 7.77. The van der Waals surface area contributed by atoms with E-state index in [1.807, 2.05) is 6.92 Å². The lowest BCUT2D eigenvalue weighted by Crippen LogP contribution is -2.34. The van der Waals surface area contributed by atoms with Gasteiger partial charge in [-0.15, -0.1) is 0 Å². The van der Waals surface area contributed by atoms with Gasteiger partial charge >= 0.3 is 0 Å². The molecule has 11 heavy (non-hydrogen) atoms. The van der Waals surface area contributed by atoms with E-state index in [0.717, 1.165) is 6.42 Å². The van der Waals surface area contributed by atoms with Crippen LogP contribution in [0.1, 0.15) is 52.4 Å². The van der Waals surface area contributed by atoms with E-state index in [0.29, 0.717) is 0 Å². The predicted octanol–water partition coefficient (Wildman–Crippen LogP) is 2.73. The summed E-state index contributed by atoms with van der Waals surface area (Å²) in [6.45, 7) is 4.16. The summed E-state index contributed by atoms with van der Waals surface area (Å²) in [7, 11) is 0. The summed E-state index contributed by atoms with van der Waals surface area (Å²) in [6, 6.07) is 0. The summed E-state index contributed by atoms with van der Waals surface area (Å²) in [5, 5.41) is 9.63. The van der Waals surface area contributed by atoms with E-state index >= 15 is 0 Å². The highest BCUT2D eigenvalue weighted by Gasteiger charge is 2.34. The van der Waals surface area contributed by atoms with E-state index in [-0.39, 0.29) is 11.5 Å². The average Bonchev–Trinajstić information content (AvgIpc) is 2.05. The first-order chi connectivity index (χ1) is 5.21. The Hall–Kier alpha value is -0.0400. The largest absolute Gasteiger partial charge is 0.393 e. The molecule has 66 valence electrons. The molecule has 0 aliphatic heterocycles. The number of rotatable bonds is 2. The minimum atomic E-state index is -0.104. The topological polar surface area (TPSA) is 20.2 Å². The van der Waals surface area contributed by atoms with Crippen molar-refractivity contribution >= 4 is 0 Å².